The summed E-state index contributed by atoms with van der Waals surface area (Å²) in [6, 6.07) is 80.7. The minimum Gasteiger partial charge on any atom is -0.456 e. The molecule has 0 aliphatic carbocycles. The van der Waals surface area contributed by atoms with Crippen LogP contribution in [0.15, 0.2) is 245 Å². The van der Waals surface area contributed by atoms with Crippen molar-refractivity contribution in [3.63, 3.8) is 0 Å². The third-order valence-electron chi connectivity index (χ3n) is 14.5. The molecular weight excluding hydrogens is 853 g/mol. The van der Waals surface area contributed by atoms with Crippen LogP contribution < -0.4 is 0 Å². The third kappa shape index (κ3) is 5.85. The van der Waals surface area contributed by atoms with E-state index in [1.54, 1.807) is 0 Å². The first-order valence-electron chi connectivity index (χ1n) is 23.9. The van der Waals surface area contributed by atoms with E-state index in [2.05, 4.69) is 240 Å². The molecule has 1 aliphatic rings. The molecule has 4 heterocycles. The van der Waals surface area contributed by atoms with Crippen molar-refractivity contribution in [3.05, 3.63) is 247 Å². The predicted octanol–water partition coefficient (Wildman–Crippen LogP) is 16.9. The molecule has 0 atom stereocenters. The molecule has 3 aromatic heterocycles. The van der Waals surface area contributed by atoms with Crippen molar-refractivity contribution in [2.75, 3.05) is 0 Å². The van der Waals surface area contributed by atoms with Crippen molar-refractivity contribution in [3.8, 4) is 11.4 Å². The van der Waals surface area contributed by atoms with Gasteiger partial charge in [0.1, 0.15) is 11.2 Å². The largest absolute Gasteiger partial charge is 0.456 e. The van der Waals surface area contributed by atoms with Crippen molar-refractivity contribution >= 4 is 115 Å². The van der Waals surface area contributed by atoms with Gasteiger partial charge in [-0.3, -0.25) is 0 Å². The fraction of sp³-hybridized carbons (Fsp3) is 0.0154. The maximum absolute atomic E-state index is 6.90. The first-order chi connectivity index (χ1) is 34.7. The van der Waals surface area contributed by atoms with E-state index in [-0.39, 0.29) is 0 Å². The number of nitrogens with zero attached hydrogens (tertiary/aromatic N) is 4. The highest BCUT2D eigenvalue weighted by molar-refractivity contribution is 6.25. The maximum Gasteiger partial charge on any atom is 0.162 e. The Morgan fingerprint density at radius 2 is 1.00 bits per heavy atom. The smallest absolute Gasteiger partial charge is 0.162 e. The zero-order valence-electron chi connectivity index (χ0n) is 37.8. The van der Waals surface area contributed by atoms with E-state index in [9.17, 15) is 0 Å². The van der Waals surface area contributed by atoms with Crippen LogP contribution in [0.2, 0.25) is 0 Å². The van der Waals surface area contributed by atoms with E-state index in [1.807, 2.05) is 0 Å². The molecule has 0 radical (unpaired) electrons. The predicted molar refractivity (Wildman–Crippen MR) is 293 cm³/mol. The number of furan rings is 1. The molecule has 0 saturated heterocycles. The van der Waals surface area contributed by atoms with E-state index in [4.69, 9.17) is 14.4 Å². The number of aliphatic imine (C=N–C) groups is 2. The van der Waals surface area contributed by atoms with Crippen LogP contribution in [-0.2, 0) is 0 Å². The van der Waals surface area contributed by atoms with Crippen molar-refractivity contribution in [1.82, 2.24) is 9.13 Å². The van der Waals surface area contributed by atoms with Crippen LogP contribution >= 0.6 is 0 Å². The van der Waals surface area contributed by atoms with Gasteiger partial charge in [-0.1, -0.05) is 170 Å². The summed E-state index contributed by atoms with van der Waals surface area (Å²) in [5.41, 5.74) is 13.0. The lowest BCUT2D eigenvalue weighted by atomic mass is 9.98. The summed E-state index contributed by atoms with van der Waals surface area (Å²) in [5, 5.41) is 13.9. The van der Waals surface area contributed by atoms with E-state index in [0.717, 1.165) is 94.1 Å². The number of amidine groups is 1. The summed E-state index contributed by atoms with van der Waals surface area (Å²) in [6.07, 6.45) is 2.85. The Balaban J connectivity index is 1.06. The van der Waals surface area contributed by atoms with Crippen molar-refractivity contribution < 1.29 is 4.42 Å². The topological polar surface area (TPSA) is 47.7 Å². The molecule has 0 amide bonds. The molecule has 70 heavy (non-hydrogen) atoms. The van der Waals surface area contributed by atoms with Crippen LogP contribution in [0.25, 0.3) is 115 Å². The Morgan fingerprint density at radius 3 is 1.81 bits per heavy atom. The number of benzene rings is 11. The Kier molecular flexibility index (Phi) is 8.36. The Hall–Kier alpha value is -9.32. The summed E-state index contributed by atoms with van der Waals surface area (Å²) in [4.78, 5) is 11.6. The molecule has 11 aromatic carbocycles. The molecule has 0 N–H and O–H groups in total. The minimum atomic E-state index is 0.578. The lowest BCUT2D eigenvalue weighted by Gasteiger charge is -2.15. The van der Waals surface area contributed by atoms with Gasteiger partial charge >= 0.3 is 0 Å². The lowest BCUT2D eigenvalue weighted by Crippen LogP contribution is -2.09. The van der Waals surface area contributed by atoms with E-state index in [1.165, 1.54) is 43.2 Å². The standard InChI is InChI=1S/C65H40N4O/c1-2-20-45(21-3-1)68-57-27-12-10-24-49(57)51-31-29-44(37-59(51)68)55-32-33-56(48-26-14-19-40-15-6-8-22-46(40)48)67-65(66-55)53-38-54-63(70-62-34-30-41-16-7-9-23-47(41)64(54)62)39-61(53)69-58-28-13-11-25-50(58)52-35-42-17-4-5-18-43(42)36-60(52)69/h1-32,34-39H,33H2. The molecule has 5 heteroatoms. The zero-order chi connectivity index (χ0) is 45.9. The monoisotopic (exact) mass is 892 g/mol. The minimum absolute atomic E-state index is 0.578. The van der Waals surface area contributed by atoms with Crippen LogP contribution in [0.5, 0.6) is 0 Å². The highest BCUT2D eigenvalue weighted by atomic mass is 16.3. The molecule has 0 saturated carbocycles. The van der Waals surface area contributed by atoms with Gasteiger partial charge in [0.25, 0.3) is 0 Å². The molecule has 0 spiro atoms. The molecule has 15 rings (SSSR count). The highest BCUT2D eigenvalue weighted by Crippen LogP contribution is 2.42. The van der Waals surface area contributed by atoms with Crippen LogP contribution in [0.3, 0.4) is 0 Å². The van der Waals surface area contributed by atoms with Gasteiger partial charge in [-0.2, -0.15) is 0 Å². The number of aromatic nitrogens is 2. The zero-order valence-corrected chi connectivity index (χ0v) is 37.8. The number of hydrogen-bond acceptors (Lipinski definition) is 3. The second-order valence-electron chi connectivity index (χ2n) is 18.4. The summed E-state index contributed by atoms with van der Waals surface area (Å²) < 4.78 is 11.7. The normalized spacial score (nSPS) is 13.3. The summed E-state index contributed by atoms with van der Waals surface area (Å²) in [7, 11) is 0. The molecule has 14 aromatic rings. The highest BCUT2D eigenvalue weighted by Gasteiger charge is 2.25. The Labute approximate surface area is 401 Å². The van der Waals surface area contributed by atoms with Crippen LogP contribution in [-0.4, -0.2) is 20.7 Å². The number of para-hydroxylation sites is 3. The van der Waals surface area contributed by atoms with E-state index < -0.39 is 0 Å². The fourth-order valence-corrected chi connectivity index (χ4v) is 11.3. The average molecular weight is 893 g/mol. The van der Waals surface area contributed by atoms with Crippen LogP contribution in [0.4, 0.5) is 0 Å². The third-order valence-corrected chi connectivity index (χ3v) is 14.5. The van der Waals surface area contributed by atoms with Gasteiger partial charge in [0, 0.05) is 67.2 Å². The molecule has 0 unspecified atom stereocenters. The molecule has 1 aliphatic heterocycles. The van der Waals surface area contributed by atoms with E-state index >= 15 is 0 Å². The summed E-state index contributed by atoms with van der Waals surface area (Å²) in [6.45, 7) is 0. The first-order valence-corrected chi connectivity index (χ1v) is 23.9. The number of rotatable bonds is 5. The maximum atomic E-state index is 6.90. The first kappa shape index (κ1) is 38.8. The molecule has 5 nitrogen and oxygen atoms in total. The van der Waals surface area contributed by atoms with Crippen molar-refractivity contribution in [1.29, 1.82) is 0 Å². The quantitative estimate of drug-likeness (QED) is 0.170. The van der Waals surface area contributed by atoms with Crippen molar-refractivity contribution in [2.45, 2.75) is 6.42 Å². The SMILES string of the molecule is C1=C(c2ccc3c4ccccc4n(-c4ccccc4)c3c2)N=C(c2cc3c(cc2-n2c4ccccc4c4cc5ccccc5cc42)oc2ccc4ccccc4c23)N=C(c2cccc3ccccc23)C1. The van der Waals surface area contributed by atoms with Gasteiger partial charge in [-0.05, 0) is 86.9 Å². The van der Waals surface area contributed by atoms with Gasteiger partial charge in [-0.25, -0.2) is 9.98 Å². The Morgan fingerprint density at radius 1 is 0.371 bits per heavy atom. The van der Waals surface area contributed by atoms with Crippen molar-refractivity contribution in [2.24, 2.45) is 9.98 Å². The number of allylic oxidation sites excluding steroid dienone is 1. The van der Waals surface area contributed by atoms with Crippen LogP contribution in [0, 0.1) is 0 Å². The lowest BCUT2D eigenvalue weighted by molar-refractivity contribution is 0.669. The van der Waals surface area contributed by atoms with Gasteiger partial charge in [0.05, 0.1) is 39.2 Å². The second-order valence-corrected chi connectivity index (χ2v) is 18.4. The van der Waals surface area contributed by atoms with Gasteiger partial charge in [0.15, 0.2) is 5.84 Å². The Bertz CT molecular complexity index is 4610. The second kappa shape index (κ2) is 15.1. The van der Waals surface area contributed by atoms with Crippen LogP contribution in [0.1, 0.15) is 23.1 Å². The molecule has 0 fully saturated rings. The molecular formula is C65H40N4O. The fourth-order valence-electron chi connectivity index (χ4n) is 11.3. The molecule has 326 valence electrons. The van der Waals surface area contributed by atoms with Gasteiger partial charge in [-0.15, -0.1) is 0 Å². The van der Waals surface area contributed by atoms with E-state index in [0.29, 0.717) is 12.3 Å². The number of hydrogen-bond donors (Lipinski definition) is 0. The van der Waals surface area contributed by atoms with Gasteiger partial charge in [0.2, 0.25) is 0 Å². The van der Waals surface area contributed by atoms with Gasteiger partial charge < -0.3 is 13.6 Å². The average Bonchev–Trinajstić information content (AvgIpc) is 4.00. The summed E-state index contributed by atoms with van der Waals surface area (Å²) >= 11 is 0. The number of fused-ring (bicyclic) bond motifs is 13. The summed E-state index contributed by atoms with van der Waals surface area (Å²) in [5.74, 6) is 0.633. The molecule has 0 bridgehead atoms.